The molecule has 2 heterocycles. The highest BCUT2D eigenvalue weighted by molar-refractivity contribution is 5.66. The summed E-state index contributed by atoms with van der Waals surface area (Å²) in [6.07, 6.45) is 14.0. The van der Waals surface area contributed by atoms with Crippen molar-refractivity contribution >= 4 is 12.2 Å². The lowest BCUT2D eigenvalue weighted by Gasteiger charge is -2.31. The Morgan fingerprint density at radius 2 is 1.83 bits per heavy atom. The van der Waals surface area contributed by atoms with E-state index in [1.165, 1.54) is 37.2 Å². The smallest absolute Gasteiger partial charge is 0.0479 e. The molecule has 1 fully saturated rings. The van der Waals surface area contributed by atoms with E-state index in [0.717, 1.165) is 0 Å². The van der Waals surface area contributed by atoms with Gasteiger partial charge in [0, 0.05) is 17.9 Å². The number of rotatable bonds is 1. The molecule has 0 amide bonds. The highest BCUT2D eigenvalue weighted by atomic mass is 15.1. The van der Waals surface area contributed by atoms with Crippen LogP contribution in [-0.4, -0.2) is 29.6 Å². The van der Waals surface area contributed by atoms with E-state index in [1.54, 1.807) is 0 Å². The number of nitrogens with zero attached hydrogens (tertiary/aromatic N) is 2. The summed E-state index contributed by atoms with van der Waals surface area (Å²) in [7, 11) is 2.22. The van der Waals surface area contributed by atoms with Crippen LogP contribution in [0.15, 0.2) is 24.4 Å². The highest BCUT2D eigenvalue weighted by Gasteiger charge is 2.20. The summed E-state index contributed by atoms with van der Waals surface area (Å²) in [4.78, 5) is 2.43. The van der Waals surface area contributed by atoms with Crippen LogP contribution in [0.2, 0.25) is 0 Å². The van der Waals surface area contributed by atoms with E-state index in [4.69, 9.17) is 0 Å². The molecule has 1 aliphatic carbocycles. The zero-order valence-corrected chi connectivity index (χ0v) is 11.3. The predicted molar refractivity (Wildman–Crippen MR) is 77.4 cm³/mol. The van der Waals surface area contributed by atoms with Gasteiger partial charge in [0.1, 0.15) is 0 Å². The van der Waals surface area contributed by atoms with Gasteiger partial charge in [-0.05, 0) is 56.6 Å². The third kappa shape index (κ3) is 2.17. The van der Waals surface area contributed by atoms with Crippen molar-refractivity contribution in [2.45, 2.75) is 25.8 Å². The molecule has 1 saturated heterocycles. The molecule has 1 aromatic rings. The van der Waals surface area contributed by atoms with Crippen LogP contribution >= 0.6 is 0 Å². The van der Waals surface area contributed by atoms with Gasteiger partial charge in [0.15, 0.2) is 0 Å². The number of aromatic nitrogens is 1. The number of likely N-dealkylation sites (tertiary alicyclic amines) is 1. The summed E-state index contributed by atoms with van der Waals surface area (Å²) in [6, 6.07) is 2.93. The van der Waals surface area contributed by atoms with Crippen LogP contribution < -0.4 is 0 Å². The molecular weight excluding hydrogens is 220 g/mol. The second-order valence-corrected chi connectivity index (χ2v) is 5.68. The number of hydrogen-bond acceptors (Lipinski definition) is 1. The van der Waals surface area contributed by atoms with Gasteiger partial charge in [0.05, 0.1) is 0 Å². The lowest BCUT2D eigenvalue weighted by atomic mass is 10.0. The van der Waals surface area contributed by atoms with Crippen molar-refractivity contribution in [3.63, 3.8) is 0 Å². The molecule has 18 heavy (non-hydrogen) atoms. The Hall–Kier alpha value is -1.28. The lowest BCUT2D eigenvalue weighted by Crippen LogP contribution is -2.31. The quantitative estimate of drug-likeness (QED) is 0.732. The van der Waals surface area contributed by atoms with Gasteiger partial charge in [-0.2, -0.15) is 0 Å². The Kier molecular flexibility index (Phi) is 3.13. The van der Waals surface area contributed by atoms with Gasteiger partial charge in [0.2, 0.25) is 0 Å². The predicted octanol–water partition coefficient (Wildman–Crippen LogP) is 3.43. The van der Waals surface area contributed by atoms with Crippen LogP contribution in [0, 0.1) is 5.92 Å². The van der Waals surface area contributed by atoms with Crippen molar-refractivity contribution in [1.82, 2.24) is 9.47 Å². The van der Waals surface area contributed by atoms with Gasteiger partial charge in [-0.3, -0.25) is 0 Å². The summed E-state index contributed by atoms with van der Waals surface area (Å²) in [5.74, 6) is 0.545. The molecular formula is C16H22N2. The van der Waals surface area contributed by atoms with Crippen LogP contribution in [0.5, 0.6) is 0 Å². The minimum Gasteiger partial charge on any atom is -0.344 e. The number of piperidine rings is 1. The van der Waals surface area contributed by atoms with E-state index in [-0.39, 0.29) is 0 Å². The Morgan fingerprint density at radius 3 is 2.61 bits per heavy atom. The first-order valence-corrected chi connectivity index (χ1v) is 7.00. The summed E-state index contributed by atoms with van der Waals surface area (Å²) in [5, 5.41) is 0. The zero-order valence-electron chi connectivity index (χ0n) is 11.3. The first kappa shape index (κ1) is 11.8. The van der Waals surface area contributed by atoms with Gasteiger partial charge in [-0.1, -0.05) is 25.2 Å². The molecule has 1 unspecified atom stereocenters. The third-order valence-corrected chi connectivity index (χ3v) is 4.21. The van der Waals surface area contributed by atoms with Crippen molar-refractivity contribution in [1.29, 1.82) is 0 Å². The summed E-state index contributed by atoms with van der Waals surface area (Å²) in [5.41, 5.74) is 2.76. The fourth-order valence-electron chi connectivity index (χ4n) is 2.95. The molecule has 1 aromatic heterocycles. The standard InChI is InChI=1S/C16H22N2/c1-13-3-5-14-7-12-18(16(14)6-4-13)15-8-10-17(2)11-9-15/h3-7,12-13,15H,8-11H2,1-2H3. The largest absolute Gasteiger partial charge is 0.344 e. The molecule has 0 saturated carbocycles. The molecule has 1 aliphatic heterocycles. The van der Waals surface area contributed by atoms with E-state index in [1.807, 2.05) is 0 Å². The fraction of sp³-hybridized carbons (Fsp3) is 0.500. The average molecular weight is 242 g/mol. The van der Waals surface area contributed by atoms with Gasteiger partial charge < -0.3 is 9.47 Å². The average Bonchev–Trinajstić information content (AvgIpc) is 2.69. The minimum absolute atomic E-state index is 0.545. The summed E-state index contributed by atoms with van der Waals surface area (Å²) < 4.78 is 2.49. The maximum absolute atomic E-state index is 2.49. The van der Waals surface area contributed by atoms with Gasteiger partial charge in [-0.15, -0.1) is 0 Å². The Morgan fingerprint density at radius 1 is 1.11 bits per heavy atom. The topological polar surface area (TPSA) is 8.17 Å². The second-order valence-electron chi connectivity index (χ2n) is 5.68. The molecule has 2 nitrogen and oxygen atoms in total. The Bertz CT molecular complexity index is 473. The van der Waals surface area contributed by atoms with Crippen molar-refractivity contribution in [2.24, 2.45) is 5.92 Å². The maximum atomic E-state index is 2.49. The Balaban J connectivity index is 1.89. The molecule has 2 heteroatoms. The molecule has 0 aromatic carbocycles. The van der Waals surface area contributed by atoms with E-state index < -0.39 is 0 Å². The zero-order chi connectivity index (χ0) is 12.5. The normalized spacial score (nSPS) is 25.1. The maximum Gasteiger partial charge on any atom is 0.0479 e. The van der Waals surface area contributed by atoms with Crippen LogP contribution in [0.3, 0.4) is 0 Å². The molecule has 1 atom stereocenters. The van der Waals surface area contributed by atoms with Crippen LogP contribution in [0.25, 0.3) is 12.2 Å². The molecule has 0 bridgehead atoms. The molecule has 3 rings (SSSR count). The number of allylic oxidation sites excluding steroid dienone is 2. The van der Waals surface area contributed by atoms with E-state index in [2.05, 4.69) is 60.0 Å². The SMILES string of the molecule is CC1C=Cc2ccn(C3CCN(C)CC3)c2C=C1. The summed E-state index contributed by atoms with van der Waals surface area (Å²) in [6.45, 7) is 4.67. The minimum atomic E-state index is 0.545. The van der Waals surface area contributed by atoms with Crippen molar-refractivity contribution in [3.05, 3.63) is 35.7 Å². The lowest BCUT2D eigenvalue weighted by molar-refractivity contribution is 0.221. The number of hydrogen-bond donors (Lipinski definition) is 0. The Labute approximate surface area is 110 Å². The van der Waals surface area contributed by atoms with E-state index in [0.29, 0.717) is 12.0 Å². The molecule has 0 spiro atoms. The van der Waals surface area contributed by atoms with Crippen LogP contribution in [0.4, 0.5) is 0 Å². The van der Waals surface area contributed by atoms with Gasteiger partial charge in [0.25, 0.3) is 0 Å². The first-order chi connectivity index (χ1) is 8.74. The first-order valence-electron chi connectivity index (χ1n) is 7.00. The van der Waals surface area contributed by atoms with E-state index in [9.17, 15) is 0 Å². The van der Waals surface area contributed by atoms with Gasteiger partial charge >= 0.3 is 0 Å². The van der Waals surface area contributed by atoms with Crippen molar-refractivity contribution in [2.75, 3.05) is 20.1 Å². The molecule has 0 radical (unpaired) electrons. The van der Waals surface area contributed by atoms with Crippen LogP contribution in [-0.2, 0) is 0 Å². The number of fused-ring (bicyclic) bond motifs is 1. The van der Waals surface area contributed by atoms with Crippen molar-refractivity contribution < 1.29 is 0 Å². The van der Waals surface area contributed by atoms with Crippen molar-refractivity contribution in [3.8, 4) is 0 Å². The fourth-order valence-corrected chi connectivity index (χ4v) is 2.95. The van der Waals surface area contributed by atoms with Crippen LogP contribution in [0.1, 0.15) is 37.1 Å². The highest BCUT2D eigenvalue weighted by Crippen LogP contribution is 2.28. The monoisotopic (exact) mass is 242 g/mol. The summed E-state index contributed by atoms with van der Waals surface area (Å²) >= 11 is 0. The molecule has 0 N–H and O–H groups in total. The molecule has 96 valence electrons. The third-order valence-electron chi connectivity index (χ3n) is 4.21. The second kappa shape index (κ2) is 4.77. The van der Waals surface area contributed by atoms with E-state index >= 15 is 0 Å². The molecule has 2 aliphatic rings. The van der Waals surface area contributed by atoms with Gasteiger partial charge in [-0.25, -0.2) is 0 Å².